The first-order chi connectivity index (χ1) is 6.94. The molecular weight excluding hydrogens is 192 g/mol. The largest absolute Gasteiger partial charge is 0.368 e. The Morgan fingerprint density at radius 2 is 2.33 bits per heavy atom. The molecule has 0 saturated carbocycles. The lowest BCUT2D eigenvalue weighted by atomic mass is 9.99. The number of primary amides is 1. The fourth-order valence-electron chi connectivity index (χ4n) is 1.99. The molecule has 0 bridgehead atoms. The second kappa shape index (κ2) is 4.92. The number of carbonyl (C=O) groups excluding carboxylic acids is 1. The Bertz CT molecular complexity index is 223. The van der Waals surface area contributed by atoms with Crippen LogP contribution in [0.4, 0.5) is 0 Å². The van der Waals surface area contributed by atoms with Gasteiger partial charge in [-0.15, -0.1) is 0 Å². The molecule has 5 heteroatoms. The molecule has 1 rings (SSSR count). The molecule has 1 aliphatic heterocycles. The Balaban J connectivity index is 2.42. The zero-order chi connectivity index (χ0) is 11.5. The van der Waals surface area contributed by atoms with E-state index in [0.717, 1.165) is 19.5 Å². The molecule has 1 aliphatic rings. The standard InChI is InChI=1S/C10H22N4O/c1-7(11)8(9(12)15)13-6-10(2)4-3-5-14-10/h7-8,13-14H,3-6,11H2,1-2H3,(H2,12,15). The molecule has 1 heterocycles. The van der Waals surface area contributed by atoms with Crippen LogP contribution in [0.1, 0.15) is 26.7 Å². The molecule has 1 saturated heterocycles. The highest BCUT2D eigenvalue weighted by Crippen LogP contribution is 2.17. The Morgan fingerprint density at radius 1 is 1.67 bits per heavy atom. The first-order valence-corrected chi connectivity index (χ1v) is 5.48. The Labute approximate surface area is 91.0 Å². The van der Waals surface area contributed by atoms with Crippen molar-refractivity contribution in [2.75, 3.05) is 13.1 Å². The maximum atomic E-state index is 11.1. The molecular formula is C10H22N4O. The van der Waals surface area contributed by atoms with Crippen LogP contribution in [0.15, 0.2) is 0 Å². The van der Waals surface area contributed by atoms with Gasteiger partial charge in [0.25, 0.3) is 0 Å². The Kier molecular flexibility index (Phi) is 4.07. The van der Waals surface area contributed by atoms with Crippen LogP contribution in [0.3, 0.4) is 0 Å². The van der Waals surface area contributed by atoms with Crippen molar-refractivity contribution in [1.29, 1.82) is 0 Å². The molecule has 1 amide bonds. The van der Waals surface area contributed by atoms with E-state index in [1.165, 1.54) is 6.42 Å². The van der Waals surface area contributed by atoms with Crippen molar-refractivity contribution < 1.29 is 4.79 Å². The van der Waals surface area contributed by atoms with E-state index in [2.05, 4.69) is 17.6 Å². The van der Waals surface area contributed by atoms with E-state index in [9.17, 15) is 4.79 Å². The molecule has 0 radical (unpaired) electrons. The molecule has 0 aliphatic carbocycles. The molecule has 6 N–H and O–H groups in total. The second-order valence-corrected chi connectivity index (χ2v) is 4.71. The Hall–Kier alpha value is -0.650. The summed E-state index contributed by atoms with van der Waals surface area (Å²) in [5, 5.41) is 6.55. The summed E-state index contributed by atoms with van der Waals surface area (Å²) in [5.74, 6) is -0.383. The monoisotopic (exact) mass is 214 g/mol. The molecule has 15 heavy (non-hydrogen) atoms. The number of amides is 1. The number of nitrogens with two attached hydrogens (primary N) is 2. The van der Waals surface area contributed by atoms with Gasteiger partial charge in [-0.05, 0) is 33.2 Å². The molecule has 3 unspecified atom stereocenters. The van der Waals surface area contributed by atoms with E-state index in [1.54, 1.807) is 6.92 Å². The average molecular weight is 214 g/mol. The average Bonchev–Trinajstić information content (AvgIpc) is 2.51. The molecule has 1 fully saturated rings. The van der Waals surface area contributed by atoms with Crippen LogP contribution in [-0.4, -0.2) is 36.6 Å². The van der Waals surface area contributed by atoms with Gasteiger partial charge in [0, 0.05) is 18.1 Å². The highest BCUT2D eigenvalue weighted by molar-refractivity contribution is 5.80. The predicted octanol–water partition coefficient (Wildman–Crippen LogP) is -1.08. The summed E-state index contributed by atoms with van der Waals surface area (Å²) >= 11 is 0. The Morgan fingerprint density at radius 3 is 2.73 bits per heavy atom. The summed E-state index contributed by atoms with van der Waals surface area (Å²) in [6, 6.07) is -0.697. The topological polar surface area (TPSA) is 93.2 Å². The molecule has 0 aromatic rings. The zero-order valence-electron chi connectivity index (χ0n) is 9.55. The van der Waals surface area contributed by atoms with Crippen molar-refractivity contribution in [3.05, 3.63) is 0 Å². The first-order valence-electron chi connectivity index (χ1n) is 5.48. The first kappa shape index (κ1) is 12.4. The minimum atomic E-state index is -0.441. The summed E-state index contributed by atoms with van der Waals surface area (Å²) in [6.45, 7) is 5.69. The van der Waals surface area contributed by atoms with Crippen LogP contribution >= 0.6 is 0 Å². The third-order valence-corrected chi connectivity index (χ3v) is 3.00. The number of nitrogens with one attached hydrogen (secondary N) is 2. The molecule has 0 spiro atoms. The van der Waals surface area contributed by atoms with Crippen LogP contribution in [0.2, 0.25) is 0 Å². The van der Waals surface area contributed by atoms with Crippen molar-refractivity contribution in [3.8, 4) is 0 Å². The van der Waals surface area contributed by atoms with E-state index >= 15 is 0 Å². The van der Waals surface area contributed by atoms with Gasteiger partial charge in [-0.3, -0.25) is 4.79 Å². The van der Waals surface area contributed by atoms with E-state index < -0.39 is 6.04 Å². The third-order valence-electron chi connectivity index (χ3n) is 3.00. The van der Waals surface area contributed by atoms with Gasteiger partial charge >= 0.3 is 0 Å². The normalized spacial score (nSPS) is 30.1. The van der Waals surface area contributed by atoms with E-state index in [0.29, 0.717) is 0 Å². The van der Waals surface area contributed by atoms with Crippen molar-refractivity contribution in [3.63, 3.8) is 0 Å². The van der Waals surface area contributed by atoms with Gasteiger partial charge in [0.05, 0.1) is 0 Å². The van der Waals surface area contributed by atoms with Gasteiger partial charge < -0.3 is 22.1 Å². The summed E-state index contributed by atoms with van der Waals surface area (Å²) in [5.41, 5.74) is 11.0. The van der Waals surface area contributed by atoms with Gasteiger partial charge in [0.15, 0.2) is 0 Å². The second-order valence-electron chi connectivity index (χ2n) is 4.71. The van der Waals surface area contributed by atoms with E-state index in [1.807, 2.05) is 0 Å². The summed E-state index contributed by atoms with van der Waals surface area (Å²) in [6.07, 6.45) is 2.29. The van der Waals surface area contributed by atoms with Crippen molar-refractivity contribution in [2.45, 2.75) is 44.3 Å². The maximum Gasteiger partial charge on any atom is 0.236 e. The molecule has 5 nitrogen and oxygen atoms in total. The van der Waals surface area contributed by atoms with Crippen LogP contribution in [0, 0.1) is 0 Å². The molecule has 3 atom stereocenters. The summed E-state index contributed by atoms with van der Waals surface area (Å²) < 4.78 is 0. The van der Waals surface area contributed by atoms with E-state index in [-0.39, 0.29) is 17.5 Å². The lowest BCUT2D eigenvalue weighted by molar-refractivity contribution is -0.120. The SMILES string of the molecule is CC(N)C(NCC1(C)CCCN1)C(N)=O. The minimum absolute atomic E-state index is 0.0720. The molecule has 0 aromatic carbocycles. The van der Waals surface area contributed by atoms with Crippen molar-refractivity contribution in [1.82, 2.24) is 10.6 Å². The quantitative estimate of drug-likeness (QED) is 0.468. The number of carbonyl (C=O) groups is 1. The number of hydrogen-bond donors (Lipinski definition) is 4. The lowest BCUT2D eigenvalue weighted by Crippen LogP contribution is -2.57. The molecule has 0 aromatic heterocycles. The van der Waals surface area contributed by atoms with Crippen molar-refractivity contribution >= 4 is 5.91 Å². The van der Waals surface area contributed by atoms with Gasteiger partial charge in [0.2, 0.25) is 5.91 Å². The van der Waals surface area contributed by atoms with Gasteiger partial charge in [-0.2, -0.15) is 0 Å². The minimum Gasteiger partial charge on any atom is -0.368 e. The fourth-order valence-corrected chi connectivity index (χ4v) is 1.99. The van der Waals surface area contributed by atoms with E-state index in [4.69, 9.17) is 11.5 Å². The lowest BCUT2D eigenvalue weighted by Gasteiger charge is -2.28. The summed E-state index contributed by atoms with van der Waals surface area (Å²) in [7, 11) is 0. The van der Waals surface area contributed by atoms with Crippen LogP contribution < -0.4 is 22.1 Å². The van der Waals surface area contributed by atoms with Crippen LogP contribution in [0.25, 0.3) is 0 Å². The fraction of sp³-hybridized carbons (Fsp3) is 0.900. The third kappa shape index (κ3) is 3.44. The van der Waals surface area contributed by atoms with Crippen molar-refractivity contribution in [2.24, 2.45) is 11.5 Å². The predicted molar refractivity (Wildman–Crippen MR) is 60.3 cm³/mol. The number of hydrogen-bond acceptors (Lipinski definition) is 4. The molecule has 88 valence electrons. The van der Waals surface area contributed by atoms with Crippen LogP contribution in [0.5, 0.6) is 0 Å². The zero-order valence-corrected chi connectivity index (χ0v) is 9.55. The maximum absolute atomic E-state index is 11.1. The van der Waals surface area contributed by atoms with Gasteiger partial charge in [-0.25, -0.2) is 0 Å². The highest BCUT2D eigenvalue weighted by Gasteiger charge is 2.30. The summed E-state index contributed by atoms with van der Waals surface area (Å²) in [4.78, 5) is 11.1. The van der Waals surface area contributed by atoms with Gasteiger partial charge in [0.1, 0.15) is 6.04 Å². The smallest absolute Gasteiger partial charge is 0.236 e. The van der Waals surface area contributed by atoms with Crippen LogP contribution in [-0.2, 0) is 4.79 Å². The van der Waals surface area contributed by atoms with Gasteiger partial charge in [-0.1, -0.05) is 0 Å². The number of rotatable bonds is 5. The highest BCUT2D eigenvalue weighted by atomic mass is 16.1.